The summed E-state index contributed by atoms with van der Waals surface area (Å²) in [5.74, 6) is 0.880. The molecule has 0 aliphatic carbocycles. The third kappa shape index (κ3) is 3.74. The van der Waals surface area contributed by atoms with E-state index in [0.29, 0.717) is 0 Å². The zero-order valence-corrected chi connectivity index (χ0v) is 18.4. The molecule has 0 radical (unpaired) electrons. The molecular weight excluding hydrogens is 408 g/mol. The van der Waals surface area contributed by atoms with Gasteiger partial charge in [-0.25, -0.2) is 9.97 Å². The van der Waals surface area contributed by atoms with E-state index in [-0.39, 0.29) is 0 Å². The quantitative estimate of drug-likeness (QED) is 0.334. The van der Waals surface area contributed by atoms with Gasteiger partial charge in [0.25, 0.3) is 0 Å². The smallest absolute Gasteiger partial charge is 0.121 e. The molecule has 0 unspecified atom stereocenters. The average Bonchev–Trinajstić information content (AvgIpc) is 3.59. The Morgan fingerprint density at radius 2 is 1.27 bits per heavy atom. The third-order valence-electron chi connectivity index (χ3n) is 5.87. The highest BCUT2D eigenvalue weighted by atomic mass is 16.5. The number of methoxy groups -OCH3 is 1. The van der Waals surface area contributed by atoms with Crippen LogP contribution < -0.4 is 4.74 Å². The number of ether oxygens (including phenoxy) is 1. The maximum Gasteiger partial charge on any atom is 0.121 e. The van der Waals surface area contributed by atoms with Crippen molar-refractivity contribution >= 4 is 45.9 Å². The van der Waals surface area contributed by atoms with Crippen molar-refractivity contribution in [3.05, 3.63) is 101 Å². The van der Waals surface area contributed by atoms with E-state index in [0.717, 1.165) is 67.3 Å². The molecule has 0 atom stereocenters. The minimum atomic E-state index is 0.880. The van der Waals surface area contributed by atoms with Crippen LogP contribution in [0.2, 0.25) is 0 Å². The lowest BCUT2D eigenvalue weighted by atomic mass is 10.0. The summed E-state index contributed by atoms with van der Waals surface area (Å²) in [6.07, 6.45) is 6.19. The van der Waals surface area contributed by atoms with Gasteiger partial charge in [-0.15, -0.1) is 0 Å². The molecule has 33 heavy (non-hydrogen) atoms. The molecule has 4 aromatic rings. The predicted octanol–water partition coefficient (Wildman–Crippen LogP) is 6.39. The van der Waals surface area contributed by atoms with Gasteiger partial charge >= 0.3 is 0 Å². The van der Waals surface area contributed by atoms with E-state index in [2.05, 4.69) is 71.5 Å². The number of fused-ring (bicyclic) bond motifs is 8. The van der Waals surface area contributed by atoms with Crippen molar-refractivity contribution in [3.63, 3.8) is 0 Å². The highest BCUT2D eigenvalue weighted by Gasteiger charge is 2.14. The van der Waals surface area contributed by atoms with Crippen molar-refractivity contribution in [2.45, 2.75) is 6.92 Å². The molecule has 5 heteroatoms. The van der Waals surface area contributed by atoms with Gasteiger partial charge in [-0.2, -0.15) is 0 Å². The van der Waals surface area contributed by atoms with Gasteiger partial charge < -0.3 is 14.7 Å². The number of benzene rings is 1. The standard InChI is InChI=1S/C28H22N4O/c1-17-11-18(3-10-28(17)33-2)26-15-25-14-23-7-6-21(30-23)12-19-4-5-20(29-19)13-22-8-9-24(31-22)16-27(26)32-25/h3-16,30-31H,1-2H3. The molecular formula is C28H22N4O. The summed E-state index contributed by atoms with van der Waals surface area (Å²) in [6, 6.07) is 22.7. The van der Waals surface area contributed by atoms with Gasteiger partial charge in [0.15, 0.2) is 0 Å². The minimum absolute atomic E-state index is 0.880. The summed E-state index contributed by atoms with van der Waals surface area (Å²) in [4.78, 5) is 16.6. The van der Waals surface area contributed by atoms with Crippen LogP contribution in [0.25, 0.3) is 45.9 Å². The molecule has 8 bridgehead atoms. The molecule has 2 aliphatic heterocycles. The maximum absolute atomic E-state index is 5.45. The van der Waals surface area contributed by atoms with Gasteiger partial charge in [0.1, 0.15) is 5.75 Å². The molecule has 3 aromatic heterocycles. The van der Waals surface area contributed by atoms with Crippen molar-refractivity contribution in [2.75, 3.05) is 7.11 Å². The Bertz CT molecular complexity index is 1620. The van der Waals surface area contributed by atoms with Crippen LogP contribution in [0.5, 0.6) is 5.75 Å². The third-order valence-corrected chi connectivity index (χ3v) is 5.87. The number of hydrogen-bond acceptors (Lipinski definition) is 3. The molecule has 0 saturated carbocycles. The molecule has 5 nitrogen and oxygen atoms in total. The van der Waals surface area contributed by atoms with Gasteiger partial charge in [-0.3, -0.25) is 0 Å². The Hall–Kier alpha value is -4.38. The number of aromatic amines is 2. The number of nitrogens with one attached hydrogen (secondary N) is 2. The lowest BCUT2D eigenvalue weighted by molar-refractivity contribution is 0.411. The largest absolute Gasteiger partial charge is 0.496 e. The molecule has 5 heterocycles. The van der Waals surface area contributed by atoms with Crippen LogP contribution in [-0.4, -0.2) is 27.0 Å². The Labute approximate surface area is 191 Å². The number of rotatable bonds is 2. The molecule has 0 saturated heterocycles. The molecule has 2 aliphatic rings. The molecule has 0 spiro atoms. The van der Waals surface area contributed by atoms with E-state index in [4.69, 9.17) is 14.7 Å². The van der Waals surface area contributed by atoms with Crippen LogP contribution in [0.1, 0.15) is 33.9 Å². The summed E-state index contributed by atoms with van der Waals surface area (Å²) in [5, 5.41) is 0. The molecule has 0 fully saturated rings. The molecule has 2 N–H and O–H groups in total. The topological polar surface area (TPSA) is 66.6 Å². The normalized spacial score (nSPS) is 12.6. The van der Waals surface area contributed by atoms with Crippen LogP contribution in [0, 0.1) is 6.92 Å². The maximum atomic E-state index is 5.45. The van der Waals surface area contributed by atoms with Crippen LogP contribution in [0.4, 0.5) is 0 Å². The zero-order valence-electron chi connectivity index (χ0n) is 18.4. The van der Waals surface area contributed by atoms with Crippen molar-refractivity contribution < 1.29 is 4.74 Å². The van der Waals surface area contributed by atoms with Crippen LogP contribution >= 0.6 is 0 Å². The predicted molar refractivity (Wildman–Crippen MR) is 135 cm³/mol. The van der Waals surface area contributed by atoms with Crippen molar-refractivity contribution in [3.8, 4) is 5.75 Å². The van der Waals surface area contributed by atoms with Crippen molar-refractivity contribution in [2.24, 2.45) is 0 Å². The lowest BCUT2D eigenvalue weighted by Crippen LogP contribution is -1.90. The number of nitrogens with zero attached hydrogens (tertiary/aromatic N) is 2. The van der Waals surface area contributed by atoms with Crippen molar-refractivity contribution in [1.82, 2.24) is 19.9 Å². The van der Waals surface area contributed by atoms with E-state index in [1.165, 1.54) is 0 Å². The average molecular weight is 431 g/mol. The van der Waals surface area contributed by atoms with Gasteiger partial charge in [-0.1, -0.05) is 6.07 Å². The summed E-state index contributed by atoms with van der Waals surface area (Å²) < 4.78 is 5.45. The molecule has 160 valence electrons. The SMILES string of the molecule is COc1ccc(C2=Cc3cc4ccc(cc5nc(cc6ccc(cc2n3)[nH]6)C=C5)[nH]4)cc1C. The second kappa shape index (κ2) is 7.64. The van der Waals surface area contributed by atoms with E-state index in [9.17, 15) is 0 Å². The number of aromatic nitrogens is 4. The number of H-pyrrole nitrogens is 2. The molecule has 1 aromatic carbocycles. The fourth-order valence-electron chi connectivity index (χ4n) is 4.29. The van der Waals surface area contributed by atoms with E-state index in [1.807, 2.05) is 30.4 Å². The first-order valence-corrected chi connectivity index (χ1v) is 10.9. The first-order chi connectivity index (χ1) is 16.1. The Morgan fingerprint density at radius 3 is 1.88 bits per heavy atom. The van der Waals surface area contributed by atoms with Crippen LogP contribution in [0.15, 0.2) is 66.7 Å². The van der Waals surface area contributed by atoms with Crippen LogP contribution in [0.3, 0.4) is 0 Å². The molecule has 0 amide bonds. The fraction of sp³-hybridized carbons (Fsp3) is 0.0714. The number of hydrogen-bond donors (Lipinski definition) is 2. The zero-order chi connectivity index (χ0) is 22.4. The van der Waals surface area contributed by atoms with E-state index >= 15 is 0 Å². The van der Waals surface area contributed by atoms with Gasteiger partial charge in [0.05, 0.1) is 29.9 Å². The van der Waals surface area contributed by atoms with Crippen LogP contribution in [-0.2, 0) is 0 Å². The van der Waals surface area contributed by atoms with E-state index < -0.39 is 0 Å². The highest BCUT2D eigenvalue weighted by Crippen LogP contribution is 2.31. The summed E-state index contributed by atoms with van der Waals surface area (Å²) in [5.41, 5.74) is 10.9. The Balaban J connectivity index is 1.61. The van der Waals surface area contributed by atoms with Gasteiger partial charge in [-0.05, 0) is 96.9 Å². The van der Waals surface area contributed by atoms with Gasteiger partial charge in [0.2, 0.25) is 0 Å². The fourth-order valence-corrected chi connectivity index (χ4v) is 4.29. The Kier molecular flexibility index (Phi) is 4.47. The van der Waals surface area contributed by atoms with Gasteiger partial charge in [0, 0.05) is 27.6 Å². The minimum Gasteiger partial charge on any atom is -0.496 e. The summed E-state index contributed by atoms with van der Waals surface area (Å²) >= 11 is 0. The first-order valence-electron chi connectivity index (χ1n) is 10.9. The lowest BCUT2D eigenvalue weighted by Gasteiger charge is -2.08. The monoisotopic (exact) mass is 430 g/mol. The number of aryl methyl sites for hydroxylation is 1. The van der Waals surface area contributed by atoms with E-state index in [1.54, 1.807) is 7.11 Å². The summed E-state index contributed by atoms with van der Waals surface area (Å²) in [7, 11) is 1.70. The summed E-state index contributed by atoms with van der Waals surface area (Å²) in [6.45, 7) is 2.06. The van der Waals surface area contributed by atoms with Crippen molar-refractivity contribution in [1.29, 1.82) is 0 Å². The second-order valence-electron chi connectivity index (χ2n) is 8.27. The Morgan fingerprint density at radius 1 is 0.667 bits per heavy atom. The highest BCUT2D eigenvalue weighted by molar-refractivity contribution is 5.93. The molecule has 6 rings (SSSR count). The first kappa shape index (κ1) is 19.3. The second-order valence-corrected chi connectivity index (χ2v) is 8.27.